The lowest BCUT2D eigenvalue weighted by Crippen LogP contribution is -2.62. The Morgan fingerprint density at radius 1 is 1.23 bits per heavy atom. The monoisotopic (exact) mass is 431 g/mol. The molecule has 2 aliphatic carbocycles. The maximum atomic E-state index is 15.4. The Bertz CT molecular complexity index is 1090. The number of H-pyrrole nitrogens is 1. The van der Waals surface area contributed by atoms with Gasteiger partial charge in [0, 0.05) is 18.6 Å². The Morgan fingerprint density at radius 2 is 1.90 bits per heavy atom. The number of aromatic amines is 1. The van der Waals surface area contributed by atoms with Crippen LogP contribution in [0.4, 0.5) is 17.6 Å². The Hall–Kier alpha value is -2.14. The van der Waals surface area contributed by atoms with Crippen molar-refractivity contribution in [3.8, 4) is 0 Å². The summed E-state index contributed by atoms with van der Waals surface area (Å²) < 4.78 is 55.0. The van der Waals surface area contributed by atoms with Crippen molar-refractivity contribution >= 4 is 11.3 Å². The van der Waals surface area contributed by atoms with Crippen molar-refractivity contribution in [3.05, 3.63) is 31.4 Å². The van der Waals surface area contributed by atoms with Gasteiger partial charge in [0.15, 0.2) is 6.17 Å². The van der Waals surface area contributed by atoms with Crippen LogP contribution in [0.1, 0.15) is 38.6 Å². The normalized spacial score (nSPS) is 28.7. The largest absolute Gasteiger partial charge is 0.399 e. The average Bonchev–Trinajstić information content (AvgIpc) is 3.34. The minimum Gasteiger partial charge on any atom is -0.399 e. The van der Waals surface area contributed by atoms with E-state index in [0.717, 1.165) is 12.8 Å². The highest BCUT2D eigenvalue weighted by molar-refractivity contribution is 5.62. The van der Waals surface area contributed by atoms with Gasteiger partial charge in [-0.25, -0.2) is 9.18 Å². The van der Waals surface area contributed by atoms with Crippen molar-refractivity contribution in [3.63, 3.8) is 0 Å². The minimum absolute atomic E-state index is 0.0210. The van der Waals surface area contributed by atoms with Gasteiger partial charge in [-0.1, -0.05) is 0 Å². The van der Waals surface area contributed by atoms with Gasteiger partial charge in [-0.2, -0.15) is 13.2 Å². The first kappa shape index (κ1) is 21.1. The van der Waals surface area contributed by atoms with Crippen LogP contribution in [0.3, 0.4) is 0 Å². The standard InChI is InChI=1S/C19H25F4N5O2/c1-8-15-12(17(29)26-18(30)28(15)10-2-3-10)14(25)13(20)16(8)27-5-4-9(7-27)11(24)6-19(21,22)23/h9-11,13,16H,2-7,24-25H2,1H3,(H,26,29,30). The summed E-state index contributed by atoms with van der Waals surface area (Å²) in [7, 11) is 0. The van der Waals surface area contributed by atoms with Gasteiger partial charge in [-0.15, -0.1) is 0 Å². The van der Waals surface area contributed by atoms with E-state index in [1.165, 1.54) is 4.57 Å². The van der Waals surface area contributed by atoms with Crippen molar-refractivity contribution in [2.75, 3.05) is 13.1 Å². The third-order valence-corrected chi connectivity index (χ3v) is 6.46. The minimum atomic E-state index is -4.36. The number of nitrogens with zero attached hydrogens (tertiary/aromatic N) is 2. The molecule has 1 saturated carbocycles. The van der Waals surface area contributed by atoms with E-state index in [1.807, 2.05) is 0 Å². The van der Waals surface area contributed by atoms with Gasteiger partial charge in [0.05, 0.1) is 28.7 Å². The molecule has 3 aliphatic rings. The van der Waals surface area contributed by atoms with Crippen molar-refractivity contribution in [1.82, 2.24) is 14.5 Å². The summed E-state index contributed by atoms with van der Waals surface area (Å²) in [4.78, 5) is 28.8. The summed E-state index contributed by atoms with van der Waals surface area (Å²) in [5.74, 6) is -0.431. The molecular formula is C19H25F4N5O2. The van der Waals surface area contributed by atoms with Gasteiger partial charge in [-0.3, -0.25) is 19.2 Å². The molecule has 166 valence electrons. The molecule has 0 amide bonds. The van der Waals surface area contributed by atoms with Crippen LogP contribution in [-0.2, 0) is 0 Å². The lowest BCUT2D eigenvalue weighted by atomic mass is 9.93. The van der Waals surface area contributed by atoms with E-state index in [1.54, 1.807) is 11.8 Å². The molecule has 4 unspecified atom stereocenters. The lowest BCUT2D eigenvalue weighted by molar-refractivity contribution is -0.140. The number of fused-ring (bicyclic) bond motifs is 1. The van der Waals surface area contributed by atoms with E-state index in [9.17, 15) is 22.8 Å². The molecule has 7 nitrogen and oxygen atoms in total. The molecule has 4 rings (SSSR count). The van der Waals surface area contributed by atoms with E-state index in [4.69, 9.17) is 11.5 Å². The Labute approximate surface area is 169 Å². The number of nitrogens with one attached hydrogen (secondary N) is 1. The van der Waals surface area contributed by atoms with Crippen LogP contribution in [0.2, 0.25) is 0 Å². The number of aromatic nitrogens is 2. The Morgan fingerprint density at radius 3 is 2.50 bits per heavy atom. The highest BCUT2D eigenvalue weighted by Gasteiger charge is 2.42. The van der Waals surface area contributed by atoms with E-state index >= 15 is 4.39 Å². The zero-order valence-corrected chi connectivity index (χ0v) is 16.5. The Kier molecular flexibility index (Phi) is 5.08. The maximum absolute atomic E-state index is 15.4. The second kappa shape index (κ2) is 7.23. The summed E-state index contributed by atoms with van der Waals surface area (Å²) in [5, 5.41) is 0.318. The zero-order valence-electron chi connectivity index (χ0n) is 16.5. The molecule has 2 heterocycles. The van der Waals surface area contributed by atoms with Gasteiger partial charge in [0.1, 0.15) is 0 Å². The molecule has 30 heavy (non-hydrogen) atoms. The fraction of sp³-hybridized carbons (Fsp3) is 0.684. The molecule has 5 N–H and O–H groups in total. The fourth-order valence-corrected chi connectivity index (χ4v) is 4.86. The van der Waals surface area contributed by atoms with Crippen LogP contribution < -0.4 is 33.3 Å². The van der Waals surface area contributed by atoms with Gasteiger partial charge in [-0.05, 0) is 44.2 Å². The molecule has 1 aromatic rings. The number of halogens is 4. The third-order valence-electron chi connectivity index (χ3n) is 6.46. The van der Waals surface area contributed by atoms with E-state index < -0.39 is 48.0 Å². The fourth-order valence-electron chi connectivity index (χ4n) is 4.86. The molecule has 1 aliphatic heterocycles. The van der Waals surface area contributed by atoms with Gasteiger partial charge in [0.2, 0.25) is 0 Å². The van der Waals surface area contributed by atoms with E-state index in [0.29, 0.717) is 23.9 Å². The lowest BCUT2D eigenvalue weighted by Gasteiger charge is -2.34. The molecule has 4 atom stereocenters. The summed E-state index contributed by atoms with van der Waals surface area (Å²) >= 11 is 0. The van der Waals surface area contributed by atoms with Gasteiger partial charge < -0.3 is 11.5 Å². The number of alkyl halides is 4. The first-order chi connectivity index (χ1) is 14.0. The predicted octanol–water partition coefficient (Wildman–Crippen LogP) is -0.569. The first-order valence-corrected chi connectivity index (χ1v) is 10.1. The Balaban J connectivity index is 1.75. The van der Waals surface area contributed by atoms with E-state index in [2.05, 4.69) is 4.98 Å². The van der Waals surface area contributed by atoms with Crippen molar-refractivity contribution in [2.45, 2.75) is 63.1 Å². The predicted molar refractivity (Wildman–Crippen MR) is 103 cm³/mol. The summed E-state index contributed by atoms with van der Waals surface area (Å²) in [6.45, 7) is 2.21. The van der Waals surface area contributed by atoms with Gasteiger partial charge in [0.25, 0.3) is 5.56 Å². The van der Waals surface area contributed by atoms with Crippen LogP contribution in [0.15, 0.2) is 9.59 Å². The smallest absolute Gasteiger partial charge is 0.390 e. The summed E-state index contributed by atoms with van der Waals surface area (Å²) in [5.41, 5.74) is 10.8. The molecule has 0 bridgehead atoms. The topological polar surface area (TPSA) is 110 Å². The first-order valence-electron chi connectivity index (χ1n) is 10.1. The number of rotatable bonds is 4. The highest BCUT2D eigenvalue weighted by Crippen LogP contribution is 2.34. The SMILES string of the molecule is CC1=c2c(c(=O)[nH]c(=O)n2C2CC2)=C(N)C(F)C1N1CCC(C(N)CC(F)(F)F)C1. The molecule has 0 radical (unpaired) electrons. The molecule has 1 aromatic heterocycles. The molecular weight excluding hydrogens is 406 g/mol. The van der Waals surface area contributed by atoms with Crippen molar-refractivity contribution in [1.29, 1.82) is 0 Å². The van der Waals surface area contributed by atoms with E-state index in [-0.39, 0.29) is 23.5 Å². The molecule has 0 spiro atoms. The van der Waals surface area contributed by atoms with Crippen LogP contribution in [0, 0.1) is 5.92 Å². The number of hydrogen-bond donors (Lipinski definition) is 3. The number of likely N-dealkylation sites (tertiary alicyclic amines) is 1. The molecule has 11 heteroatoms. The number of nitrogens with two attached hydrogens (primary N) is 2. The molecule has 0 aromatic carbocycles. The van der Waals surface area contributed by atoms with Crippen molar-refractivity contribution < 1.29 is 17.6 Å². The van der Waals surface area contributed by atoms with Crippen LogP contribution in [0.25, 0.3) is 11.3 Å². The summed E-state index contributed by atoms with van der Waals surface area (Å²) in [6.07, 6.45) is -5.21. The number of hydrogen-bond acceptors (Lipinski definition) is 5. The second-order valence-corrected chi connectivity index (χ2v) is 8.60. The van der Waals surface area contributed by atoms with Crippen molar-refractivity contribution in [2.24, 2.45) is 17.4 Å². The average molecular weight is 431 g/mol. The highest BCUT2D eigenvalue weighted by atomic mass is 19.4. The maximum Gasteiger partial charge on any atom is 0.390 e. The zero-order chi connectivity index (χ0) is 22.0. The van der Waals surface area contributed by atoms with Gasteiger partial charge >= 0.3 is 11.9 Å². The molecule has 1 saturated heterocycles. The third kappa shape index (κ3) is 3.58. The summed E-state index contributed by atoms with van der Waals surface area (Å²) in [6, 6.07) is -2.00. The van der Waals surface area contributed by atoms with Crippen LogP contribution >= 0.6 is 0 Å². The van der Waals surface area contributed by atoms with Crippen LogP contribution in [-0.4, -0.2) is 52.0 Å². The second-order valence-electron chi connectivity index (χ2n) is 8.60. The quantitative estimate of drug-likeness (QED) is 0.554. The van der Waals surface area contributed by atoms with Crippen LogP contribution in [0.5, 0.6) is 0 Å². The molecule has 2 fully saturated rings.